The van der Waals surface area contributed by atoms with Crippen LogP contribution in [0.4, 0.5) is 0 Å². The van der Waals surface area contributed by atoms with Gasteiger partial charge in [-0.2, -0.15) is 0 Å². The molecule has 2 nitrogen and oxygen atoms in total. The summed E-state index contributed by atoms with van der Waals surface area (Å²) in [6.45, 7) is 5.68. The molecule has 22 heavy (non-hydrogen) atoms. The van der Waals surface area contributed by atoms with Gasteiger partial charge >= 0.3 is 5.97 Å². The molecule has 0 N–H and O–H groups in total. The Bertz CT molecular complexity index is 457. The number of carbonyl (C=O) groups excluding carboxylic acids is 1. The van der Waals surface area contributed by atoms with Gasteiger partial charge in [-0.25, -0.2) is 0 Å². The Morgan fingerprint density at radius 1 is 1.18 bits per heavy atom. The Labute approximate surface area is 135 Å². The molecule has 1 aliphatic carbocycles. The molecule has 0 spiro atoms. The van der Waals surface area contributed by atoms with Crippen LogP contribution in [0, 0.1) is 0 Å². The lowest BCUT2D eigenvalue weighted by atomic mass is 9.83. The molecule has 0 aromatic heterocycles. The standard InChI is InChI=1S/C20H30O2/c1-4-17(14-15(2)22-16(3)21)19-10-12-20(13-11-19)18-8-6-5-7-9-18/h10-13,15,17-18H,4-9,14H2,1-3H3. The van der Waals surface area contributed by atoms with Gasteiger partial charge in [0.2, 0.25) is 0 Å². The van der Waals surface area contributed by atoms with Crippen molar-refractivity contribution in [1.82, 2.24) is 0 Å². The summed E-state index contributed by atoms with van der Waals surface area (Å²) >= 11 is 0. The highest BCUT2D eigenvalue weighted by molar-refractivity contribution is 5.66. The van der Waals surface area contributed by atoms with Gasteiger partial charge in [0.15, 0.2) is 0 Å². The van der Waals surface area contributed by atoms with E-state index in [0.717, 1.165) is 18.8 Å². The Morgan fingerprint density at radius 2 is 1.82 bits per heavy atom. The second-order valence-electron chi connectivity index (χ2n) is 6.76. The SMILES string of the molecule is CCC(CC(C)OC(C)=O)c1ccc(C2CCCCC2)cc1. The average molecular weight is 302 g/mol. The summed E-state index contributed by atoms with van der Waals surface area (Å²) in [5.41, 5.74) is 2.88. The highest BCUT2D eigenvalue weighted by atomic mass is 16.5. The molecule has 1 aromatic rings. The molecule has 0 heterocycles. The largest absolute Gasteiger partial charge is 0.463 e. The zero-order valence-corrected chi connectivity index (χ0v) is 14.3. The Kier molecular flexibility index (Phi) is 6.48. The predicted molar refractivity (Wildman–Crippen MR) is 91.1 cm³/mol. The van der Waals surface area contributed by atoms with E-state index in [4.69, 9.17) is 4.74 Å². The van der Waals surface area contributed by atoms with Crippen molar-refractivity contribution < 1.29 is 9.53 Å². The first kappa shape index (κ1) is 17.1. The molecule has 0 radical (unpaired) electrons. The summed E-state index contributed by atoms with van der Waals surface area (Å²) in [6, 6.07) is 9.23. The van der Waals surface area contributed by atoms with Crippen molar-refractivity contribution in [3.05, 3.63) is 35.4 Å². The van der Waals surface area contributed by atoms with E-state index in [2.05, 4.69) is 31.2 Å². The van der Waals surface area contributed by atoms with Gasteiger partial charge in [-0.15, -0.1) is 0 Å². The van der Waals surface area contributed by atoms with Gasteiger partial charge in [-0.05, 0) is 55.6 Å². The molecule has 2 atom stereocenters. The molecule has 2 heteroatoms. The van der Waals surface area contributed by atoms with Crippen LogP contribution in [-0.2, 0) is 9.53 Å². The maximum Gasteiger partial charge on any atom is 0.302 e. The second-order valence-corrected chi connectivity index (χ2v) is 6.76. The third-order valence-electron chi connectivity index (χ3n) is 4.96. The van der Waals surface area contributed by atoms with E-state index in [0.29, 0.717) is 5.92 Å². The predicted octanol–water partition coefficient (Wildman–Crippen LogP) is 5.57. The topological polar surface area (TPSA) is 26.3 Å². The summed E-state index contributed by atoms with van der Waals surface area (Å²) in [5.74, 6) is 1.05. The highest BCUT2D eigenvalue weighted by Crippen LogP contribution is 2.34. The fourth-order valence-electron chi connectivity index (χ4n) is 3.75. The lowest BCUT2D eigenvalue weighted by Crippen LogP contribution is -2.16. The monoisotopic (exact) mass is 302 g/mol. The summed E-state index contributed by atoms with van der Waals surface area (Å²) in [7, 11) is 0. The Hall–Kier alpha value is -1.31. The summed E-state index contributed by atoms with van der Waals surface area (Å²) in [6.07, 6.45) is 8.82. The molecule has 1 aliphatic rings. The molecule has 0 saturated heterocycles. The lowest BCUT2D eigenvalue weighted by Gasteiger charge is -2.23. The van der Waals surface area contributed by atoms with E-state index < -0.39 is 0 Å². The first-order valence-electron chi connectivity index (χ1n) is 8.87. The fraction of sp³-hybridized carbons (Fsp3) is 0.650. The molecule has 2 rings (SSSR count). The summed E-state index contributed by atoms with van der Waals surface area (Å²) in [4.78, 5) is 11.1. The molecule has 1 aromatic carbocycles. The summed E-state index contributed by atoms with van der Waals surface area (Å²) in [5, 5.41) is 0. The van der Waals surface area contributed by atoms with Gasteiger partial charge in [-0.1, -0.05) is 50.5 Å². The van der Waals surface area contributed by atoms with Gasteiger partial charge in [0.1, 0.15) is 0 Å². The minimum absolute atomic E-state index is 0.0135. The van der Waals surface area contributed by atoms with Crippen molar-refractivity contribution >= 4 is 5.97 Å². The van der Waals surface area contributed by atoms with E-state index in [1.807, 2.05) is 6.92 Å². The molecule has 1 fully saturated rings. The van der Waals surface area contributed by atoms with Crippen molar-refractivity contribution in [3.63, 3.8) is 0 Å². The molecule has 0 aliphatic heterocycles. The van der Waals surface area contributed by atoms with Crippen LogP contribution in [0.3, 0.4) is 0 Å². The average Bonchev–Trinajstić information content (AvgIpc) is 2.53. The third-order valence-corrected chi connectivity index (χ3v) is 4.96. The van der Waals surface area contributed by atoms with E-state index in [1.54, 1.807) is 0 Å². The van der Waals surface area contributed by atoms with E-state index in [9.17, 15) is 4.79 Å². The minimum Gasteiger partial charge on any atom is -0.463 e. The minimum atomic E-state index is -0.185. The number of carbonyl (C=O) groups is 1. The smallest absolute Gasteiger partial charge is 0.302 e. The molecular weight excluding hydrogens is 272 g/mol. The van der Waals surface area contributed by atoms with Gasteiger partial charge in [0.05, 0.1) is 6.10 Å². The quantitative estimate of drug-likeness (QED) is 0.642. The number of ether oxygens (including phenoxy) is 1. The van der Waals surface area contributed by atoms with Crippen LogP contribution in [-0.4, -0.2) is 12.1 Å². The molecule has 0 amide bonds. The van der Waals surface area contributed by atoms with Crippen LogP contribution in [0.15, 0.2) is 24.3 Å². The van der Waals surface area contributed by atoms with E-state index in [1.165, 1.54) is 50.2 Å². The normalized spacial score (nSPS) is 18.7. The number of benzene rings is 1. The zero-order chi connectivity index (χ0) is 15.9. The third kappa shape index (κ3) is 4.86. The second kappa shape index (κ2) is 8.36. The van der Waals surface area contributed by atoms with Crippen LogP contribution in [0.25, 0.3) is 0 Å². The van der Waals surface area contributed by atoms with Gasteiger partial charge < -0.3 is 4.74 Å². The molecule has 1 saturated carbocycles. The highest BCUT2D eigenvalue weighted by Gasteiger charge is 2.18. The Morgan fingerprint density at radius 3 is 2.36 bits per heavy atom. The van der Waals surface area contributed by atoms with Gasteiger partial charge in [0, 0.05) is 6.92 Å². The maximum atomic E-state index is 11.1. The Balaban J connectivity index is 1.98. The number of hydrogen-bond donors (Lipinski definition) is 0. The van der Waals surface area contributed by atoms with Crippen LogP contribution < -0.4 is 0 Å². The van der Waals surface area contributed by atoms with Crippen molar-refractivity contribution in [2.75, 3.05) is 0 Å². The summed E-state index contributed by atoms with van der Waals surface area (Å²) < 4.78 is 5.28. The molecule has 0 bridgehead atoms. The van der Waals surface area contributed by atoms with Crippen LogP contribution in [0.5, 0.6) is 0 Å². The zero-order valence-electron chi connectivity index (χ0n) is 14.3. The molecule has 122 valence electrons. The number of esters is 1. The fourth-order valence-corrected chi connectivity index (χ4v) is 3.75. The van der Waals surface area contributed by atoms with Crippen molar-refractivity contribution in [3.8, 4) is 0 Å². The van der Waals surface area contributed by atoms with Crippen LogP contribution >= 0.6 is 0 Å². The first-order valence-corrected chi connectivity index (χ1v) is 8.87. The number of rotatable bonds is 6. The van der Waals surface area contributed by atoms with Gasteiger partial charge in [-0.3, -0.25) is 4.79 Å². The molecular formula is C20H30O2. The van der Waals surface area contributed by atoms with Crippen LogP contribution in [0.2, 0.25) is 0 Å². The van der Waals surface area contributed by atoms with E-state index in [-0.39, 0.29) is 12.1 Å². The first-order chi connectivity index (χ1) is 10.6. The number of hydrogen-bond acceptors (Lipinski definition) is 2. The maximum absolute atomic E-state index is 11.1. The van der Waals surface area contributed by atoms with Crippen LogP contribution in [0.1, 0.15) is 88.7 Å². The lowest BCUT2D eigenvalue weighted by molar-refractivity contribution is -0.145. The van der Waals surface area contributed by atoms with Crippen molar-refractivity contribution in [2.45, 2.75) is 83.7 Å². The van der Waals surface area contributed by atoms with Crippen molar-refractivity contribution in [2.24, 2.45) is 0 Å². The molecule has 2 unspecified atom stereocenters. The van der Waals surface area contributed by atoms with Crippen molar-refractivity contribution in [1.29, 1.82) is 0 Å². The van der Waals surface area contributed by atoms with E-state index >= 15 is 0 Å². The van der Waals surface area contributed by atoms with Gasteiger partial charge in [0.25, 0.3) is 0 Å².